The number of nitrogens with one attached hydrogen (secondary N) is 3. The molecule has 0 spiro atoms. The highest BCUT2D eigenvalue weighted by atomic mass is 16.2. The first-order chi connectivity index (χ1) is 11.6. The molecule has 5 nitrogen and oxygen atoms in total. The standard InChI is InChI=1S/C19H23N3O2/c1-3-20-13-17-6-4-5-7-18(17)22-19(24)16-10-8-15(9-11-16)12-21-14(2)23/h4-11,20H,3,12-13H2,1-2H3,(H,21,23)(H,22,24). The number of hydrogen-bond acceptors (Lipinski definition) is 3. The molecule has 0 bridgehead atoms. The summed E-state index contributed by atoms with van der Waals surface area (Å²) in [5.74, 6) is -0.223. The lowest BCUT2D eigenvalue weighted by atomic mass is 10.1. The number of anilines is 1. The lowest BCUT2D eigenvalue weighted by Crippen LogP contribution is -2.19. The molecule has 0 aliphatic heterocycles. The Labute approximate surface area is 142 Å². The van der Waals surface area contributed by atoms with Gasteiger partial charge in [-0.25, -0.2) is 0 Å². The Morgan fingerprint density at radius 3 is 2.33 bits per heavy atom. The highest BCUT2D eigenvalue weighted by Crippen LogP contribution is 2.16. The minimum absolute atomic E-state index is 0.0749. The molecule has 2 amide bonds. The normalized spacial score (nSPS) is 10.2. The summed E-state index contributed by atoms with van der Waals surface area (Å²) in [6, 6.07) is 15.0. The molecule has 0 radical (unpaired) electrons. The number of benzene rings is 2. The number of hydrogen-bond donors (Lipinski definition) is 3. The number of para-hydroxylation sites is 1. The van der Waals surface area contributed by atoms with Gasteiger partial charge >= 0.3 is 0 Å². The predicted octanol–water partition coefficient (Wildman–Crippen LogP) is 2.68. The maximum absolute atomic E-state index is 12.4. The van der Waals surface area contributed by atoms with Crippen molar-refractivity contribution in [3.8, 4) is 0 Å². The van der Waals surface area contributed by atoms with Crippen molar-refractivity contribution in [3.05, 3.63) is 65.2 Å². The third-order valence-corrected chi connectivity index (χ3v) is 3.59. The summed E-state index contributed by atoms with van der Waals surface area (Å²) in [5.41, 5.74) is 3.40. The topological polar surface area (TPSA) is 70.2 Å². The Morgan fingerprint density at radius 2 is 1.67 bits per heavy atom. The lowest BCUT2D eigenvalue weighted by Gasteiger charge is -2.12. The van der Waals surface area contributed by atoms with Gasteiger partial charge in [0.1, 0.15) is 0 Å². The average Bonchev–Trinajstić information content (AvgIpc) is 2.59. The van der Waals surface area contributed by atoms with E-state index in [9.17, 15) is 9.59 Å². The zero-order valence-electron chi connectivity index (χ0n) is 14.1. The highest BCUT2D eigenvalue weighted by molar-refractivity contribution is 6.04. The SMILES string of the molecule is CCNCc1ccccc1NC(=O)c1ccc(CNC(C)=O)cc1. The molecule has 0 atom stereocenters. The van der Waals surface area contributed by atoms with Crippen molar-refractivity contribution in [2.45, 2.75) is 26.9 Å². The number of rotatable bonds is 7. The number of carbonyl (C=O) groups is 2. The van der Waals surface area contributed by atoms with Crippen LogP contribution in [0.3, 0.4) is 0 Å². The summed E-state index contributed by atoms with van der Waals surface area (Å²) >= 11 is 0. The van der Waals surface area contributed by atoms with Gasteiger partial charge in [-0.05, 0) is 35.9 Å². The Bertz CT molecular complexity index is 696. The van der Waals surface area contributed by atoms with Crippen molar-refractivity contribution in [3.63, 3.8) is 0 Å². The fraction of sp³-hybridized carbons (Fsp3) is 0.263. The van der Waals surface area contributed by atoms with Crippen LogP contribution in [0.4, 0.5) is 5.69 Å². The third kappa shape index (κ3) is 5.21. The molecule has 0 saturated heterocycles. The molecule has 0 aromatic heterocycles. The first-order valence-corrected chi connectivity index (χ1v) is 8.03. The van der Waals surface area contributed by atoms with Crippen LogP contribution in [0.15, 0.2) is 48.5 Å². The van der Waals surface area contributed by atoms with E-state index in [-0.39, 0.29) is 11.8 Å². The molecule has 0 fully saturated rings. The summed E-state index contributed by atoms with van der Waals surface area (Å²) in [4.78, 5) is 23.3. The largest absolute Gasteiger partial charge is 0.352 e. The van der Waals surface area contributed by atoms with E-state index in [1.54, 1.807) is 12.1 Å². The highest BCUT2D eigenvalue weighted by Gasteiger charge is 2.09. The van der Waals surface area contributed by atoms with E-state index in [4.69, 9.17) is 0 Å². The Kier molecular flexibility index (Phi) is 6.51. The van der Waals surface area contributed by atoms with E-state index in [1.165, 1.54) is 6.92 Å². The van der Waals surface area contributed by atoms with Gasteiger partial charge < -0.3 is 16.0 Å². The molecule has 2 aromatic rings. The van der Waals surface area contributed by atoms with Gasteiger partial charge in [-0.1, -0.05) is 37.3 Å². The van der Waals surface area contributed by atoms with Gasteiger partial charge in [-0.15, -0.1) is 0 Å². The van der Waals surface area contributed by atoms with E-state index in [0.717, 1.165) is 23.4 Å². The molecule has 0 aliphatic rings. The number of carbonyl (C=O) groups excluding carboxylic acids is 2. The molecule has 0 unspecified atom stereocenters. The van der Waals surface area contributed by atoms with Crippen molar-refractivity contribution in [2.24, 2.45) is 0 Å². The van der Waals surface area contributed by atoms with Crippen LogP contribution in [-0.4, -0.2) is 18.4 Å². The predicted molar refractivity (Wildman–Crippen MR) is 95.7 cm³/mol. The average molecular weight is 325 g/mol. The second kappa shape index (κ2) is 8.84. The Morgan fingerprint density at radius 1 is 0.958 bits per heavy atom. The van der Waals surface area contributed by atoms with Crippen LogP contribution in [0.25, 0.3) is 0 Å². The first kappa shape index (κ1) is 17.7. The Hall–Kier alpha value is -2.66. The summed E-state index contributed by atoms with van der Waals surface area (Å²) in [6.07, 6.45) is 0. The van der Waals surface area contributed by atoms with Crippen molar-refractivity contribution < 1.29 is 9.59 Å². The summed E-state index contributed by atoms with van der Waals surface area (Å²) in [5, 5.41) is 8.95. The number of amides is 2. The molecule has 2 aromatic carbocycles. The van der Waals surface area contributed by atoms with Crippen LogP contribution in [0, 0.1) is 0 Å². The van der Waals surface area contributed by atoms with Gasteiger partial charge in [-0.3, -0.25) is 9.59 Å². The molecule has 24 heavy (non-hydrogen) atoms. The van der Waals surface area contributed by atoms with Crippen LogP contribution in [-0.2, 0) is 17.9 Å². The molecule has 126 valence electrons. The van der Waals surface area contributed by atoms with E-state index < -0.39 is 0 Å². The molecule has 3 N–H and O–H groups in total. The zero-order valence-corrected chi connectivity index (χ0v) is 14.1. The van der Waals surface area contributed by atoms with E-state index in [0.29, 0.717) is 18.7 Å². The molecule has 5 heteroatoms. The summed E-state index contributed by atoms with van der Waals surface area (Å²) in [7, 11) is 0. The molecule has 2 rings (SSSR count). The monoisotopic (exact) mass is 325 g/mol. The van der Waals surface area contributed by atoms with Crippen molar-refractivity contribution in [2.75, 3.05) is 11.9 Å². The Balaban J connectivity index is 2.03. The smallest absolute Gasteiger partial charge is 0.255 e. The first-order valence-electron chi connectivity index (χ1n) is 8.03. The van der Waals surface area contributed by atoms with E-state index in [2.05, 4.69) is 16.0 Å². The third-order valence-electron chi connectivity index (χ3n) is 3.59. The maximum Gasteiger partial charge on any atom is 0.255 e. The summed E-state index contributed by atoms with van der Waals surface area (Å²) in [6.45, 7) is 5.57. The molecule has 0 saturated carbocycles. The fourth-order valence-corrected chi connectivity index (χ4v) is 2.25. The van der Waals surface area contributed by atoms with Crippen molar-refractivity contribution >= 4 is 17.5 Å². The van der Waals surface area contributed by atoms with Crippen LogP contribution >= 0.6 is 0 Å². The van der Waals surface area contributed by atoms with Gasteiger partial charge in [0, 0.05) is 31.3 Å². The molecule has 0 aliphatic carbocycles. The lowest BCUT2D eigenvalue weighted by molar-refractivity contribution is -0.119. The van der Waals surface area contributed by atoms with Crippen LogP contribution in [0.5, 0.6) is 0 Å². The van der Waals surface area contributed by atoms with Crippen LogP contribution < -0.4 is 16.0 Å². The van der Waals surface area contributed by atoms with Crippen LogP contribution in [0.1, 0.15) is 35.3 Å². The zero-order chi connectivity index (χ0) is 17.4. The van der Waals surface area contributed by atoms with Gasteiger partial charge in [0.15, 0.2) is 0 Å². The minimum atomic E-state index is -0.148. The second-order valence-electron chi connectivity index (χ2n) is 5.50. The van der Waals surface area contributed by atoms with Crippen molar-refractivity contribution in [1.29, 1.82) is 0 Å². The van der Waals surface area contributed by atoms with Gasteiger partial charge in [0.05, 0.1) is 0 Å². The minimum Gasteiger partial charge on any atom is -0.352 e. The van der Waals surface area contributed by atoms with Gasteiger partial charge in [0.25, 0.3) is 5.91 Å². The fourth-order valence-electron chi connectivity index (χ4n) is 2.25. The van der Waals surface area contributed by atoms with Gasteiger partial charge in [0.2, 0.25) is 5.91 Å². The molecular formula is C19H23N3O2. The molecule has 0 heterocycles. The maximum atomic E-state index is 12.4. The van der Waals surface area contributed by atoms with Crippen LogP contribution in [0.2, 0.25) is 0 Å². The van der Waals surface area contributed by atoms with E-state index >= 15 is 0 Å². The van der Waals surface area contributed by atoms with E-state index in [1.807, 2.05) is 43.3 Å². The van der Waals surface area contributed by atoms with Crippen molar-refractivity contribution in [1.82, 2.24) is 10.6 Å². The summed E-state index contributed by atoms with van der Waals surface area (Å²) < 4.78 is 0. The molecular weight excluding hydrogens is 302 g/mol. The quantitative estimate of drug-likeness (QED) is 0.733. The van der Waals surface area contributed by atoms with Gasteiger partial charge in [-0.2, -0.15) is 0 Å². The second-order valence-corrected chi connectivity index (χ2v) is 5.50.